The van der Waals surface area contributed by atoms with Crippen LogP contribution in [0.3, 0.4) is 0 Å². The van der Waals surface area contributed by atoms with Gasteiger partial charge in [-0.05, 0) is 35.4 Å². The fourth-order valence-corrected chi connectivity index (χ4v) is 2.94. The molecule has 2 atom stereocenters. The van der Waals surface area contributed by atoms with Crippen LogP contribution in [0.4, 0.5) is 0 Å². The van der Waals surface area contributed by atoms with Crippen LogP contribution in [0.1, 0.15) is 31.2 Å². The number of H-pyrrole nitrogens is 1. The maximum Gasteiger partial charge on any atom is 0.417 e. The molecule has 0 amide bonds. The molecule has 1 heterocycles. The summed E-state index contributed by atoms with van der Waals surface area (Å²) in [6, 6.07) is 5.67. The van der Waals surface area contributed by atoms with Crippen molar-refractivity contribution < 1.29 is 4.42 Å². The summed E-state index contributed by atoms with van der Waals surface area (Å²) in [4.78, 5) is 13.7. The fourth-order valence-electron chi connectivity index (χ4n) is 2.37. The predicted octanol–water partition coefficient (Wildman–Crippen LogP) is 3.45. The van der Waals surface area contributed by atoms with Crippen molar-refractivity contribution in [2.45, 2.75) is 25.6 Å². The number of hydrogen-bond donors (Lipinski definition) is 1. The van der Waals surface area contributed by atoms with E-state index in [2.05, 4.69) is 18.8 Å². The van der Waals surface area contributed by atoms with E-state index in [1.165, 1.54) is 0 Å². The molecule has 1 aliphatic rings. The minimum absolute atomic E-state index is 0.00500. The van der Waals surface area contributed by atoms with E-state index in [-0.39, 0.29) is 5.38 Å². The second kappa shape index (κ2) is 3.39. The van der Waals surface area contributed by atoms with Crippen molar-refractivity contribution in [1.82, 2.24) is 4.98 Å². The average molecular weight is 252 g/mol. The van der Waals surface area contributed by atoms with Gasteiger partial charge in [-0.25, -0.2) is 4.79 Å². The first-order valence-corrected chi connectivity index (χ1v) is 6.18. The van der Waals surface area contributed by atoms with Crippen molar-refractivity contribution in [3.05, 3.63) is 34.3 Å². The zero-order valence-electron chi connectivity index (χ0n) is 9.79. The monoisotopic (exact) mass is 251 g/mol. The largest absolute Gasteiger partial charge is 0.417 e. The van der Waals surface area contributed by atoms with Crippen molar-refractivity contribution in [2.75, 3.05) is 0 Å². The molecule has 0 radical (unpaired) electrons. The number of halogens is 1. The highest BCUT2D eigenvalue weighted by Gasteiger charge is 2.49. The van der Waals surface area contributed by atoms with Gasteiger partial charge in [-0.3, -0.25) is 4.98 Å². The molecule has 0 saturated heterocycles. The van der Waals surface area contributed by atoms with E-state index in [0.717, 1.165) is 17.5 Å². The first-order chi connectivity index (χ1) is 7.97. The second-order valence-corrected chi connectivity index (χ2v) is 5.94. The van der Waals surface area contributed by atoms with Gasteiger partial charge in [0.15, 0.2) is 5.58 Å². The molecule has 1 aromatic heterocycles. The summed E-state index contributed by atoms with van der Waals surface area (Å²) in [5.41, 5.74) is 2.66. The summed E-state index contributed by atoms with van der Waals surface area (Å²) in [6.07, 6.45) is 1.15. The lowest BCUT2D eigenvalue weighted by Gasteiger charge is -2.11. The van der Waals surface area contributed by atoms with Crippen molar-refractivity contribution in [2.24, 2.45) is 11.3 Å². The number of alkyl halides is 1. The van der Waals surface area contributed by atoms with Crippen LogP contribution in [0.25, 0.3) is 11.1 Å². The summed E-state index contributed by atoms with van der Waals surface area (Å²) >= 11 is 6.47. The van der Waals surface area contributed by atoms with E-state index in [1.54, 1.807) is 0 Å². The van der Waals surface area contributed by atoms with Gasteiger partial charge in [-0.1, -0.05) is 19.9 Å². The summed E-state index contributed by atoms with van der Waals surface area (Å²) in [6.45, 7) is 4.45. The van der Waals surface area contributed by atoms with Crippen LogP contribution in [0.15, 0.2) is 27.4 Å². The average Bonchev–Trinajstić information content (AvgIpc) is 2.73. The highest BCUT2D eigenvalue weighted by molar-refractivity contribution is 6.21. The molecule has 0 bridgehead atoms. The number of fused-ring (bicyclic) bond motifs is 1. The molecule has 3 rings (SSSR count). The Morgan fingerprint density at radius 1 is 1.53 bits per heavy atom. The van der Waals surface area contributed by atoms with Gasteiger partial charge in [0, 0.05) is 0 Å². The Morgan fingerprint density at radius 3 is 2.88 bits per heavy atom. The molecule has 4 heteroatoms. The number of aromatic nitrogens is 1. The summed E-state index contributed by atoms with van der Waals surface area (Å²) < 4.78 is 5.04. The molecule has 1 aliphatic carbocycles. The SMILES string of the molecule is CC1(C)CC1C(Cl)c1ccc2[nH]c(=O)oc2c1. The van der Waals surface area contributed by atoms with Crippen LogP contribution < -0.4 is 5.76 Å². The fraction of sp³-hybridized carbons (Fsp3) is 0.462. The molecule has 1 saturated carbocycles. The first kappa shape index (κ1) is 10.9. The third-order valence-electron chi connectivity index (χ3n) is 3.71. The van der Waals surface area contributed by atoms with E-state index in [4.69, 9.17) is 16.0 Å². The van der Waals surface area contributed by atoms with Gasteiger partial charge in [0.1, 0.15) is 0 Å². The molecule has 2 aromatic rings. The number of nitrogens with one attached hydrogen (secondary N) is 1. The van der Waals surface area contributed by atoms with Crippen LogP contribution in [-0.4, -0.2) is 4.98 Å². The Morgan fingerprint density at radius 2 is 2.24 bits per heavy atom. The van der Waals surface area contributed by atoms with Gasteiger partial charge >= 0.3 is 5.76 Å². The van der Waals surface area contributed by atoms with E-state index in [0.29, 0.717) is 16.9 Å². The van der Waals surface area contributed by atoms with E-state index >= 15 is 0 Å². The summed E-state index contributed by atoms with van der Waals surface area (Å²) in [7, 11) is 0. The van der Waals surface area contributed by atoms with Gasteiger partial charge < -0.3 is 4.42 Å². The molecular weight excluding hydrogens is 238 g/mol. The maximum atomic E-state index is 11.1. The third kappa shape index (κ3) is 1.78. The van der Waals surface area contributed by atoms with Crippen molar-refractivity contribution in [1.29, 1.82) is 0 Å². The number of rotatable bonds is 2. The number of oxazole rings is 1. The highest BCUT2D eigenvalue weighted by atomic mass is 35.5. The lowest BCUT2D eigenvalue weighted by molar-refractivity contribution is 0.544. The first-order valence-electron chi connectivity index (χ1n) is 5.74. The van der Waals surface area contributed by atoms with Crippen molar-refractivity contribution in [3.63, 3.8) is 0 Å². The Kier molecular flexibility index (Phi) is 2.17. The standard InChI is InChI=1S/C13H14ClNO2/c1-13(2)6-8(13)11(14)7-3-4-9-10(5-7)17-12(16)15-9/h3-5,8,11H,6H2,1-2H3,(H,15,16). The van der Waals surface area contributed by atoms with Crippen LogP contribution in [0, 0.1) is 11.3 Å². The smallest absolute Gasteiger partial charge is 0.408 e. The number of aromatic amines is 1. The third-order valence-corrected chi connectivity index (χ3v) is 4.26. The minimum atomic E-state index is -0.421. The van der Waals surface area contributed by atoms with Crippen molar-refractivity contribution >= 4 is 22.7 Å². The van der Waals surface area contributed by atoms with E-state index < -0.39 is 5.76 Å². The maximum absolute atomic E-state index is 11.1. The van der Waals surface area contributed by atoms with Gasteiger partial charge in [-0.15, -0.1) is 11.6 Å². The number of benzene rings is 1. The van der Waals surface area contributed by atoms with Crippen LogP contribution in [0.5, 0.6) is 0 Å². The molecule has 1 N–H and O–H groups in total. The Labute approximate surface area is 104 Å². The van der Waals surface area contributed by atoms with Gasteiger partial charge in [0.25, 0.3) is 0 Å². The summed E-state index contributed by atoms with van der Waals surface area (Å²) in [5, 5.41) is -0.00500. The predicted molar refractivity (Wildman–Crippen MR) is 67.3 cm³/mol. The quantitative estimate of drug-likeness (QED) is 0.831. The molecular formula is C13H14ClNO2. The topological polar surface area (TPSA) is 46.0 Å². The molecule has 1 fully saturated rings. The van der Waals surface area contributed by atoms with Gasteiger partial charge in [0.2, 0.25) is 0 Å². The molecule has 3 nitrogen and oxygen atoms in total. The molecule has 0 aliphatic heterocycles. The van der Waals surface area contributed by atoms with Crippen molar-refractivity contribution in [3.8, 4) is 0 Å². The summed E-state index contributed by atoms with van der Waals surface area (Å²) in [5.74, 6) is 0.0855. The highest BCUT2D eigenvalue weighted by Crippen LogP contribution is 2.59. The second-order valence-electron chi connectivity index (χ2n) is 5.47. The van der Waals surface area contributed by atoms with Crippen LogP contribution >= 0.6 is 11.6 Å². The normalized spacial score (nSPS) is 23.8. The Hall–Kier alpha value is -1.22. The zero-order valence-corrected chi connectivity index (χ0v) is 10.5. The lowest BCUT2D eigenvalue weighted by atomic mass is 10.0. The van der Waals surface area contributed by atoms with Crippen LogP contribution in [0.2, 0.25) is 0 Å². The Balaban J connectivity index is 1.98. The van der Waals surface area contributed by atoms with E-state index in [9.17, 15) is 4.79 Å². The van der Waals surface area contributed by atoms with Crippen LogP contribution in [-0.2, 0) is 0 Å². The number of hydrogen-bond acceptors (Lipinski definition) is 2. The molecule has 1 aromatic carbocycles. The minimum Gasteiger partial charge on any atom is -0.408 e. The Bertz CT molecular complexity index is 626. The molecule has 0 spiro atoms. The molecule has 2 unspecified atom stereocenters. The van der Waals surface area contributed by atoms with Gasteiger partial charge in [0.05, 0.1) is 10.9 Å². The zero-order chi connectivity index (χ0) is 12.2. The molecule has 90 valence electrons. The molecule has 17 heavy (non-hydrogen) atoms. The lowest BCUT2D eigenvalue weighted by Crippen LogP contribution is -1.99. The van der Waals surface area contributed by atoms with Gasteiger partial charge in [-0.2, -0.15) is 0 Å². The van der Waals surface area contributed by atoms with E-state index in [1.807, 2.05) is 18.2 Å².